The van der Waals surface area contributed by atoms with E-state index in [1.54, 1.807) is 7.11 Å². The van der Waals surface area contributed by atoms with E-state index in [1.165, 1.54) is 5.56 Å². The number of fused-ring (bicyclic) bond motifs is 1. The Labute approximate surface area is 119 Å². The molecule has 1 fully saturated rings. The first-order valence-electron chi connectivity index (χ1n) is 7.21. The molecule has 1 saturated heterocycles. The van der Waals surface area contributed by atoms with Gasteiger partial charge in [-0.3, -0.25) is 4.90 Å². The zero-order valence-corrected chi connectivity index (χ0v) is 12.0. The van der Waals surface area contributed by atoms with Gasteiger partial charge in [-0.1, -0.05) is 12.1 Å². The third-order valence-electron chi connectivity index (χ3n) is 3.75. The van der Waals surface area contributed by atoms with Crippen LogP contribution in [-0.4, -0.2) is 51.4 Å². The summed E-state index contributed by atoms with van der Waals surface area (Å²) in [7, 11) is 1.70. The van der Waals surface area contributed by atoms with Crippen molar-refractivity contribution in [3.8, 4) is 11.5 Å². The number of nitrogens with one attached hydrogen (secondary N) is 1. The Morgan fingerprint density at radius 2 is 1.75 bits per heavy atom. The van der Waals surface area contributed by atoms with E-state index in [4.69, 9.17) is 14.2 Å². The molecule has 0 bridgehead atoms. The van der Waals surface area contributed by atoms with Crippen molar-refractivity contribution in [2.75, 3.05) is 46.5 Å². The summed E-state index contributed by atoms with van der Waals surface area (Å²) in [6.07, 6.45) is 0. The molecule has 0 atom stereocenters. The van der Waals surface area contributed by atoms with Gasteiger partial charge >= 0.3 is 0 Å². The second-order valence-corrected chi connectivity index (χ2v) is 5.20. The van der Waals surface area contributed by atoms with Crippen molar-refractivity contribution in [1.29, 1.82) is 0 Å². The normalized spacial score (nSPS) is 19.1. The lowest BCUT2D eigenvalue weighted by atomic mass is 10.1. The molecule has 110 valence electrons. The number of piperazine rings is 1. The maximum absolute atomic E-state index is 5.86. The molecule has 0 amide bonds. The molecular formula is C15H22N2O3. The van der Waals surface area contributed by atoms with E-state index in [0.29, 0.717) is 19.8 Å². The lowest BCUT2D eigenvalue weighted by Crippen LogP contribution is -2.43. The van der Waals surface area contributed by atoms with Crippen LogP contribution in [0.15, 0.2) is 12.1 Å². The van der Waals surface area contributed by atoms with E-state index >= 15 is 0 Å². The Hall–Kier alpha value is -1.30. The summed E-state index contributed by atoms with van der Waals surface area (Å²) in [4.78, 5) is 2.44. The molecule has 1 aromatic rings. The Morgan fingerprint density at radius 1 is 1.10 bits per heavy atom. The van der Waals surface area contributed by atoms with Gasteiger partial charge in [0.2, 0.25) is 0 Å². The zero-order valence-electron chi connectivity index (χ0n) is 12.0. The molecule has 0 radical (unpaired) electrons. The first-order chi connectivity index (χ1) is 9.88. The first-order valence-corrected chi connectivity index (χ1v) is 7.21. The number of rotatable bonds is 4. The third kappa shape index (κ3) is 2.90. The Kier molecular flexibility index (Phi) is 4.40. The molecule has 0 aromatic heterocycles. The zero-order chi connectivity index (χ0) is 13.8. The number of hydrogen-bond acceptors (Lipinski definition) is 5. The summed E-state index contributed by atoms with van der Waals surface area (Å²) in [5.74, 6) is 1.77. The molecule has 0 unspecified atom stereocenters. The Morgan fingerprint density at radius 3 is 2.45 bits per heavy atom. The standard InChI is InChI=1S/C15H22N2O3/c1-18-11-13-3-2-12(10-17-6-4-16-5-7-17)14-15(13)20-9-8-19-14/h2-3,16H,4-11H2,1H3. The lowest BCUT2D eigenvalue weighted by Gasteiger charge is -2.29. The summed E-state index contributed by atoms with van der Waals surface area (Å²) < 4.78 is 16.9. The van der Waals surface area contributed by atoms with Gasteiger partial charge in [-0.2, -0.15) is 0 Å². The van der Waals surface area contributed by atoms with Crippen molar-refractivity contribution >= 4 is 0 Å². The second-order valence-electron chi connectivity index (χ2n) is 5.20. The number of nitrogens with zero attached hydrogens (tertiary/aromatic N) is 1. The molecule has 5 nitrogen and oxygen atoms in total. The highest BCUT2D eigenvalue weighted by Gasteiger charge is 2.21. The molecule has 0 aliphatic carbocycles. The van der Waals surface area contributed by atoms with Crippen LogP contribution in [0.25, 0.3) is 0 Å². The lowest BCUT2D eigenvalue weighted by molar-refractivity contribution is 0.149. The second kappa shape index (κ2) is 6.43. The van der Waals surface area contributed by atoms with Crippen LogP contribution in [0, 0.1) is 0 Å². The molecular weight excluding hydrogens is 256 g/mol. The number of benzene rings is 1. The highest BCUT2D eigenvalue weighted by Crippen LogP contribution is 2.38. The summed E-state index contributed by atoms with van der Waals surface area (Å²) in [6, 6.07) is 4.23. The van der Waals surface area contributed by atoms with Gasteiger partial charge in [-0.15, -0.1) is 0 Å². The van der Waals surface area contributed by atoms with E-state index in [9.17, 15) is 0 Å². The predicted octanol–water partition coefficient (Wildman–Crippen LogP) is 1.01. The summed E-state index contributed by atoms with van der Waals surface area (Å²) in [6.45, 7) is 6.98. The van der Waals surface area contributed by atoms with Gasteiger partial charge in [-0.05, 0) is 0 Å². The van der Waals surface area contributed by atoms with Crippen LogP contribution in [0.3, 0.4) is 0 Å². The molecule has 3 rings (SSSR count). The fourth-order valence-electron chi connectivity index (χ4n) is 2.75. The minimum Gasteiger partial charge on any atom is -0.486 e. The van der Waals surface area contributed by atoms with Crippen LogP contribution < -0.4 is 14.8 Å². The molecule has 0 spiro atoms. The first kappa shape index (κ1) is 13.7. The van der Waals surface area contributed by atoms with Gasteiger partial charge in [0.25, 0.3) is 0 Å². The smallest absolute Gasteiger partial charge is 0.167 e. The van der Waals surface area contributed by atoms with Crippen LogP contribution in [0.2, 0.25) is 0 Å². The molecule has 2 aliphatic heterocycles. The van der Waals surface area contributed by atoms with Crippen LogP contribution in [-0.2, 0) is 17.9 Å². The highest BCUT2D eigenvalue weighted by molar-refractivity contribution is 5.52. The topological polar surface area (TPSA) is 43.0 Å². The van der Waals surface area contributed by atoms with Crippen molar-refractivity contribution in [3.63, 3.8) is 0 Å². The highest BCUT2D eigenvalue weighted by atomic mass is 16.6. The predicted molar refractivity (Wildman–Crippen MR) is 76.3 cm³/mol. The van der Waals surface area contributed by atoms with Crippen LogP contribution in [0.4, 0.5) is 0 Å². The van der Waals surface area contributed by atoms with Gasteiger partial charge < -0.3 is 19.5 Å². The molecule has 1 N–H and O–H groups in total. The van der Waals surface area contributed by atoms with Crippen LogP contribution in [0.1, 0.15) is 11.1 Å². The maximum atomic E-state index is 5.86. The monoisotopic (exact) mass is 278 g/mol. The van der Waals surface area contributed by atoms with E-state index in [-0.39, 0.29) is 0 Å². The molecule has 5 heteroatoms. The van der Waals surface area contributed by atoms with E-state index in [1.807, 2.05) is 0 Å². The van der Waals surface area contributed by atoms with Gasteiger partial charge in [0.1, 0.15) is 13.2 Å². The fourth-order valence-corrected chi connectivity index (χ4v) is 2.75. The largest absolute Gasteiger partial charge is 0.486 e. The van der Waals surface area contributed by atoms with Gasteiger partial charge in [0.05, 0.1) is 6.61 Å². The van der Waals surface area contributed by atoms with Crippen molar-refractivity contribution in [3.05, 3.63) is 23.3 Å². The van der Waals surface area contributed by atoms with Crippen LogP contribution in [0.5, 0.6) is 11.5 Å². The molecule has 2 aliphatic rings. The molecule has 0 saturated carbocycles. The molecule has 20 heavy (non-hydrogen) atoms. The van der Waals surface area contributed by atoms with E-state index < -0.39 is 0 Å². The maximum Gasteiger partial charge on any atom is 0.167 e. The van der Waals surface area contributed by atoms with Crippen LogP contribution >= 0.6 is 0 Å². The van der Waals surface area contributed by atoms with Crippen molar-refractivity contribution < 1.29 is 14.2 Å². The van der Waals surface area contributed by atoms with Crippen molar-refractivity contribution in [2.45, 2.75) is 13.2 Å². The van der Waals surface area contributed by atoms with E-state index in [0.717, 1.165) is 49.8 Å². The molecule has 2 heterocycles. The fraction of sp³-hybridized carbons (Fsp3) is 0.600. The van der Waals surface area contributed by atoms with Gasteiger partial charge in [0, 0.05) is 51.0 Å². The van der Waals surface area contributed by atoms with Crippen molar-refractivity contribution in [2.24, 2.45) is 0 Å². The van der Waals surface area contributed by atoms with E-state index in [2.05, 4.69) is 22.3 Å². The average Bonchev–Trinajstić information content (AvgIpc) is 2.51. The Bertz CT molecular complexity index is 459. The SMILES string of the molecule is COCc1ccc(CN2CCNCC2)c2c1OCCO2. The molecule has 1 aromatic carbocycles. The van der Waals surface area contributed by atoms with Gasteiger partial charge in [-0.25, -0.2) is 0 Å². The number of hydrogen-bond donors (Lipinski definition) is 1. The third-order valence-corrected chi connectivity index (χ3v) is 3.75. The minimum absolute atomic E-state index is 0.555. The average molecular weight is 278 g/mol. The van der Waals surface area contributed by atoms with Gasteiger partial charge in [0.15, 0.2) is 11.5 Å². The summed E-state index contributed by atoms with van der Waals surface area (Å²) in [5.41, 5.74) is 2.27. The summed E-state index contributed by atoms with van der Waals surface area (Å²) >= 11 is 0. The van der Waals surface area contributed by atoms with Crippen molar-refractivity contribution in [1.82, 2.24) is 10.2 Å². The minimum atomic E-state index is 0.555. The number of methoxy groups -OCH3 is 1. The Balaban J connectivity index is 1.83. The summed E-state index contributed by atoms with van der Waals surface area (Å²) in [5, 5.41) is 3.37. The quantitative estimate of drug-likeness (QED) is 0.890. The number of ether oxygens (including phenoxy) is 3.